The predicted molar refractivity (Wildman–Crippen MR) is 149 cm³/mol. The van der Waals surface area contributed by atoms with Crippen molar-refractivity contribution in [1.82, 2.24) is 25.6 Å². The maximum absolute atomic E-state index is 12.7. The summed E-state index contributed by atoms with van der Waals surface area (Å²) in [7, 11) is 0. The molecule has 1 aliphatic heterocycles. The number of nitrogens with one attached hydrogen (secondary N) is 3. The molecule has 0 bridgehead atoms. The number of carboxylic acids is 1. The molecule has 1 aromatic heterocycles. The Labute approximate surface area is 244 Å². The van der Waals surface area contributed by atoms with Crippen molar-refractivity contribution in [3.63, 3.8) is 0 Å². The van der Waals surface area contributed by atoms with E-state index >= 15 is 0 Å². The average molecular weight is 595 g/mol. The van der Waals surface area contributed by atoms with Gasteiger partial charge in [-0.15, -0.1) is 5.10 Å². The maximum atomic E-state index is 12.7. The molecule has 0 aliphatic carbocycles. The Balaban J connectivity index is 1.59. The second-order valence-electron chi connectivity index (χ2n) is 9.60. The predicted octanol–water partition coefficient (Wildman–Crippen LogP) is -0.559. The van der Waals surface area contributed by atoms with Crippen molar-refractivity contribution in [2.24, 2.45) is 0 Å². The molecular formula is C28H30N6O9. The quantitative estimate of drug-likeness (QED) is 0.149. The number of hydrogen-bond donors (Lipinski definition) is 7. The number of aromatic nitrogens is 3. The van der Waals surface area contributed by atoms with Crippen molar-refractivity contribution in [2.75, 3.05) is 18.5 Å². The van der Waals surface area contributed by atoms with Crippen molar-refractivity contribution in [2.45, 2.75) is 37.3 Å². The highest BCUT2D eigenvalue weighted by atomic mass is 16.5. The van der Waals surface area contributed by atoms with Gasteiger partial charge >= 0.3 is 5.97 Å². The lowest BCUT2D eigenvalue weighted by Crippen LogP contribution is -2.58. The summed E-state index contributed by atoms with van der Waals surface area (Å²) in [5.74, 6) is -3.53. The number of aliphatic hydroxyl groups excluding tert-OH is 3. The third-order valence-corrected chi connectivity index (χ3v) is 6.54. The third kappa shape index (κ3) is 7.40. The van der Waals surface area contributed by atoms with Crippen LogP contribution in [0.1, 0.15) is 23.3 Å². The van der Waals surface area contributed by atoms with Crippen LogP contribution in [0.5, 0.6) is 0 Å². The Bertz CT molecular complexity index is 1510. The third-order valence-electron chi connectivity index (χ3n) is 6.54. The topological polar surface area (TPSA) is 225 Å². The lowest BCUT2D eigenvalue weighted by Gasteiger charge is -2.39. The van der Waals surface area contributed by atoms with E-state index in [1.54, 1.807) is 54.6 Å². The molecule has 2 heterocycles. The van der Waals surface area contributed by atoms with Crippen LogP contribution in [0.15, 0.2) is 72.6 Å². The molecule has 3 aromatic rings. The molecule has 15 heteroatoms. The van der Waals surface area contributed by atoms with Crippen molar-refractivity contribution in [3.05, 3.63) is 78.2 Å². The number of ether oxygens (including phenoxy) is 1. The number of benzene rings is 2. The largest absolute Gasteiger partial charge is 0.478 e. The Kier molecular flexibility index (Phi) is 9.82. The van der Waals surface area contributed by atoms with E-state index in [4.69, 9.17) is 4.74 Å². The van der Waals surface area contributed by atoms with Gasteiger partial charge in [-0.1, -0.05) is 41.6 Å². The average Bonchev–Trinajstić information content (AvgIpc) is 3.49. The monoisotopic (exact) mass is 594 g/mol. The fourth-order valence-corrected chi connectivity index (χ4v) is 4.49. The van der Waals surface area contributed by atoms with E-state index in [0.29, 0.717) is 16.8 Å². The van der Waals surface area contributed by atoms with Crippen LogP contribution in [0.3, 0.4) is 0 Å². The normalized spacial score (nSPS) is 19.3. The zero-order valence-electron chi connectivity index (χ0n) is 22.8. The molecule has 0 spiro atoms. The van der Waals surface area contributed by atoms with Gasteiger partial charge in [-0.3, -0.25) is 14.4 Å². The van der Waals surface area contributed by atoms with E-state index in [0.717, 1.165) is 0 Å². The van der Waals surface area contributed by atoms with Crippen LogP contribution in [0.4, 0.5) is 5.69 Å². The number of hydrogen-bond acceptors (Lipinski definition) is 10. The van der Waals surface area contributed by atoms with Gasteiger partial charge in [-0.05, 0) is 24.3 Å². The second-order valence-corrected chi connectivity index (χ2v) is 9.60. The number of rotatable bonds is 11. The smallest absolute Gasteiger partial charge is 0.370 e. The molecule has 4 rings (SSSR count). The van der Waals surface area contributed by atoms with Gasteiger partial charge in [0.25, 0.3) is 5.91 Å². The molecule has 0 saturated carbocycles. The first-order valence-electron chi connectivity index (χ1n) is 13.1. The van der Waals surface area contributed by atoms with Gasteiger partial charge in [-0.2, -0.15) is 0 Å². The minimum absolute atomic E-state index is 0.259. The zero-order chi connectivity index (χ0) is 31.1. The molecule has 0 saturated heterocycles. The fraction of sp³-hybridized carbons (Fsp3) is 0.286. The second kappa shape index (κ2) is 13.7. The maximum Gasteiger partial charge on any atom is 0.370 e. The van der Waals surface area contributed by atoms with Gasteiger partial charge in [0.15, 0.2) is 0 Å². The van der Waals surface area contributed by atoms with Gasteiger partial charge in [0, 0.05) is 18.1 Å². The van der Waals surface area contributed by atoms with Crippen LogP contribution in [-0.4, -0.2) is 96.6 Å². The van der Waals surface area contributed by atoms with Crippen molar-refractivity contribution < 1.29 is 44.3 Å². The van der Waals surface area contributed by atoms with Crippen LogP contribution in [0.2, 0.25) is 0 Å². The lowest BCUT2D eigenvalue weighted by molar-refractivity contribution is -0.147. The van der Waals surface area contributed by atoms with Crippen molar-refractivity contribution in [1.29, 1.82) is 0 Å². The molecule has 0 unspecified atom stereocenters. The molecular weight excluding hydrogens is 564 g/mol. The summed E-state index contributed by atoms with van der Waals surface area (Å²) < 4.78 is 6.65. The molecule has 5 atom stereocenters. The van der Waals surface area contributed by atoms with E-state index in [2.05, 4.69) is 26.3 Å². The van der Waals surface area contributed by atoms with Crippen LogP contribution in [-0.2, 0) is 19.1 Å². The number of carbonyl (C=O) groups excluding carboxylic acids is 3. The summed E-state index contributed by atoms with van der Waals surface area (Å²) in [5, 5.41) is 55.7. The molecule has 7 N–H and O–H groups in total. The highest BCUT2D eigenvalue weighted by Crippen LogP contribution is 2.32. The van der Waals surface area contributed by atoms with Crippen molar-refractivity contribution >= 4 is 29.4 Å². The molecule has 0 radical (unpaired) electrons. The van der Waals surface area contributed by atoms with E-state index in [-0.39, 0.29) is 12.2 Å². The number of amides is 3. The minimum atomic E-state index is -1.78. The number of carboxylic acid groups (broad SMARTS) is 1. The highest BCUT2D eigenvalue weighted by molar-refractivity contribution is 6.00. The summed E-state index contributed by atoms with van der Waals surface area (Å²) in [6, 6.07) is 12.9. The van der Waals surface area contributed by atoms with Crippen LogP contribution >= 0.6 is 0 Å². The molecule has 226 valence electrons. The van der Waals surface area contributed by atoms with Gasteiger partial charge in [0.05, 0.1) is 37.1 Å². The highest BCUT2D eigenvalue weighted by Gasteiger charge is 2.44. The Morgan fingerprint density at radius 2 is 1.74 bits per heavy atom. The van der Waals surface area contributed by atoms with Crippen molar-refractivity contribution in [3.8, 4) is 11.3 Å². The van der Waals surface area contributed by atoms with E-state index in [1.807, 2.05) is 0 Å². The van der Waals surface area contributed by atoms with Gasteiger partial charge in [0.2, 0.25) is 17.6 Å². The summed E-state index contributed by atoms with van der Waals surface area (Å²) in [6.45, 7) is 0.0469. The molecule has 43 heavy (non-hydrogen) atoms. The molecule has 3 amide bonds. The first kappa shape index (κ1) is 30.8. The van der Waals surface area contributed by atoms with E-state index in [1.165, 1.54) is 23.9 Å². The van der Waals surface area contributed by atoms with Crippen LogP contribution in [0, 0.1) is 0 Å². The van der Waals surface area contributed by atoms with Crippen LogP contribution < -0.4 is 16.0 Å². The lowest BCUT2D eigenvalue weighted by atomic mass is 9.92. The first-order valence-corrected chi connectivity index (χ1v) is 13.1. The number of nitrogens with zero attached hydrogens (tertiary/aromatic N) is 3. The summed E-state index contributed by atoms with van der Waals surface area (Å²) in [5.41, 5.74) is 1.45. The molecule has 15 nitrogen and oxygen atoms in total. The number of carbonyl (C=O) groups is 4. The zero-order valence-corrected chi connectivity index (χ0v) is 22.8. The summed E-state index contributed by atoms with van der Waals surface area (Å²) in [4.78, 5) is 48.8. The minimum Gasteiger partial charge on any atom is -0.478 e. The standard InChI is InChI=1S/C28H30N6O9/c1-15(36)30-24-20(11-22(28(41)42)43-26(24)25(39)21(37)14-35)34-13-19(32-33-34)17-9-5-6-10-18(17)31-23(38)12-29-27(40)16-7-3-2-4-8-16/h2-11,13,20-21,24-26,35,37,39H,12,14H2,1H3,(H,29,40)(H,30,36)(H,31,38)(H,41,42)/t20-,21+,24+,25+,26+/m0/s1. The fourth-order valence-electron chi connectivity index (χ4n) is 4.49. The summed E-state index contributed by atoms with van der Waals surface area (Å²) >= 11 is 0. The molecule has 1 aliphatic rings. The van der Waals surface area contributed by atoms with Gasteiger partial charge < -0.3 is 41.1 Å². The SMILES string of the molecule is CC(=O)N[C@H]1[C@H]([C@H](O)[C@H](O)CO)OC(C(=O)O)=C[C@@H]1n1cc(-c2ccccc2NC(=O)CNC(=O)c2ccccc2)nn1. The number of aliphatic hydroxyl groups is 3. The van der Waals surface area contributed by atoms with Gasteiger partial charge in [-0.25, -0.2) is 9.48 Å². The van der Waals surface area contributed by atoms with Crippen LogP contribution in [0.25, 0.3) is 11.3 Å². The Morgan fingerprint density at radius 1 is 1.05 bits per heavy atom. The van der Waals surface area contributed by atoms with E-state index in [9.17, 15) is 39.6 Å². The number of anilines is 1. The molecule has 2 aromatic carbocycles. The number of aliphatic carboxylic acids is 1. The van der Waals surface area contributed by atoms with Gasteiger partial charge in [0.1, 0.15) is 24.0 Å². The number of para-hydroxylation sites is 1. The Hall–Kier alpha value is -5.12. The first-order chi connectivity index (χ1) is 20.6. The molecule has 0 fully saturated rings. The van der Waals surface area contributed by atoms with E-state index < -0.39 is 66.5 Å². The summed E-state index contributed by atoms with van der Waals surface area (Å²) in [6.07, 6.45) is -2.37. The Morgan fingerprint density at radius 3 is 2.42 bits per heavy atom.